The number of hydrogen-bond acceptors (Lipinski definition) is 2. The van der Waals surface area contributed by atoms with Crippen LogP contribution in [0.15, 0.2) is 48.5 Å². The molecular weight excluding hydrogens is 346 g/mol. The predicted molar refractivity (Wildman–Crippen MR) is 100 cm³/mol. The molecular formula is C22H24F2N2O. The van der Waals surface area contributed by atoms with E-state index in [2.05, 4.69) is 11.8 Å². The van der Waals surface area contributed by atoms with Gasteiger partial charge in [0.15, 0.2) is 0 Å². The fourth-order valence-corrected chi connectivity index (χ4v) is 4.01. The highest BCUT2D eigenvalue weighted by Crippen LogP contribution is 2.39. The number of amides is 1. The lowest BCUT2D eigenvalue weighted by atomic mass is 9.96. The summed E-state index contributed by atoms with van der Waals surface area (Å²) < 4.78 is 26.8. The molecule has 142 valence electrons. The minimum absolute atomic E-state index is 0.0803. The molecule has 0 spiro atoms. The Bertz CT molecular complexity index is 753. The summed E-state index contributed by atoms with van der Waals surface area (Å²) in [6, 6.07) is 12.9. The zero-order valence-electron chi connectivity index (χ0n) is 15.4. The Labute approximate surface area is 158 Å². The summed E-state index contributed by atoms with van der Waals surface area (Å²) in [5.41, 5.74) is 1.94. The maximum absolute atomic E-state index is 13.4. The minimum Gasteiger partial charge on any atom is -0.340 e. The van der Waals surface area contributed by atoms with Crippen LogP contribution in [0.1, 0.15) is 30.5 Å². The third kappa shape index (κ3) is 3.88. The van der Waals surface area contributed by atoms with Gasteiger partial charge < -0.3 is 4.90 Å². The van der Waals surface area contributed by atoms with Crippen LogP contribution >= 0.6 is 0 Å². The first kappa shape index (κ1) is 18.1. The molecule has 3 nitrogen and oxygen atoms in total. The monoisotopic (exact) mass is 370 g/mol. The average Bonchev–Trinajstić information content (AvgIpc) is 3.42. The van der Waals surface area contributed by atoms with E-state index in [1.165, 1.54) is 24.3 Å². The number of carbonyl (C=O) groups is 1. The molecule has 4 rings (SSSR count). The quantitative estimate of drug-likeness (QED) is 0.816. The number of rotatable bonds is 4. The lowest BCUT2D eigenvalue weighted by Crippen LogP contribution is -2.50. The van der Waals surface area contributed by atoms with Crippen molar-refractivity contribution in [2.45, 2.75) is 19.4 Å². The molecule has 1 aliphatic carbocycles. The van der Waals surface area contributed by atoms with Crippen LogP contribution in [0.3, 0.4) is 0 Å². The van der Waals surface area contributed by atoms with Gasteiger partial charge in [0, 0.05) is 32.1 Å². The molecule has 1 heterocycles. The van der Waals surface area contributed by atoms with Gasteiger partial charge in [0.25, 0.3) is 0 Å². The van der Waals surface area contributed by atoms with E-state index >= 15 is 0 Å². The van der Waals surface area contributed by atoms with E-state index in [1.54, 1.807) is 24.3 Å². The molecule has 0 N–H and O–H groups in total. The third-order valence-corrected chi connectivity index (χ3v) is 5.79. The van der Waals surface area contributed by atoms with Gasteiger partial charge in [-0.25, -0.2) is 8.78 Å². The molecule has 1 aliphatic heterocycles. The van der Waals surface area contributed by atoms with Gasteiger partial charge in [0.1, 0.15) is 11.6 Å². The van der Waals surface area contributed by atoms with Gasteiger partial charge in [0.05, 0.1) is 6.04 Å². The average molecular weight is 370 g/mol. The molecule has 1 saturated heterocycles. The van der Waals surface area contributed by atoms with Crippen molar-refractivity contribution in [3.8, 4) is 0 Å². The largest absolute Gasteiger partial charge is 0.340 e. The Kier molecular flexibility index (Phi) is 4.96. The highest BCUT2D eigenvalue weighted by atomic mass is 19.1. The topological polar surface area (TPSA) is 23.6 Å². The van der Waals surface area contributed by atoms with Crippen LogP contribution in [0.4, 0.5) is 8.78 Å². The summed E-state index contributed by atoms with van der Waals surface area (Å²) in [5.74, 6) is 0.460. The number of carbonyl (C=O) groups excluding carboxylic acids is 1. The number of hydrogen-bond donors (Lipinski definition) is 0. The second-order valence-corrected chi connectivity index (χ2v) is 7.69. The van der Waals surface area contributed by atoms with Crippen molar-refractivity contribution < 1.29 is 13.6 Å². The van der Waals surface area contributed by atoms with Crippen LogP contribution in [0.5, 0.6) is 0 Å². The van der Waals surface area contributed by atoms with Crippen LogP contribution in [0, 0.1) is 23.5 Å². The lowest BCUT2D eigenvalue weighted by Gasteiger charge is -2.40. The first-order valence-electron chi connectivity index (χ1n) is 9.56. The van der Waals surface area contributed by atoms with Crippen molar-refractivity contribution in [2.75, 3.05) is 26.2 Å². The number of nitrogens with zero attached hydrogens (tertiary/aromatic N) is 2. The maximum atomic E-state index is 13.4. The zero-order valence-corrected chi connectivity index (χ0v) is 15.4. The number of halogens is 2. The summed E-state index contributed by atoms with van der Waals surface area (Å²) in [7, 11) is 0. The van der Waals surface area contributed by atoms with E-state index in [0.29, 0.717) is 19.0 Å². The third-order valence-electron chi connectivity index (χ3n) is 5.79. The molecule has 0 aromatic heterocycles. The second kappa shape index (κ2) is 7.39. The molecule has 0 radical (unpaired) electrons. The number of piperazine rings is 1. The summed E-state index contributed by atoms with van der Waals surface area (Å²) in [6.07, 6.45) is 1.01. The van der Waals surface area contributed by atoms with Crippen molar-refractivity contribution in [3.05, 3.63) is 71.3 Å². The van der Waals surface area contributed by atoms with Crippen molar-refractivity contribution in [3.63, 3.8) is 0 Å². The molecule has 2 unspecified atom stereocenters. The summed E-state index contributed by atoms with van der Waals surface area (Å²) in [4.78, 5) is 16.7. The first-order valence-corrected chi connectivity index (χ1v) is 9.56. The van der Waals surface area contributed by atoms with Crippen molar-refractivity contribution >= 4 is 5.91 Å². The molecule has 2 aromatic rings. The molecule has 2 atom stereocenters. The van der Waals surface area contributed by atoms with Gasteiger partial charge in [-0.15, -0.1) is 0 Å². The van der Waals surface area contributed by atoms with Crippen LogP contribution in [-0.4, -0.2) is 41.9 Å². The van der Waals surface area contributed by atoms with E-state index in [0.717, 1.165) is 30.6 Å². The van der Waals surface area contributed by atoms with Gasteiger partial charge in [-0.05, 0) is 47.7 Å². The minimum atomic E-state index is -0.273. The standard InChI is InChI=1S/C22H24F2N2O/c1-15-14-20(15)22(27)26-12-10-25(11-13-26)21(16-2-6-18(23)7-3-16)17-4-8-19(24)9-5-17/h2-9,15,20-21H,10-14H2,1H3. The molecule has 0 bridgehead atoms. The van der Waals surface area contributed by atoms with E-state index in [9.17, 15) is 13.6 Å². The molecule has 2 aliphatic rings. The molecule has 1 saturated carbocycles. The molecule has 2 aromatic carbocycles. The molecule has 5 heteroatoms. The summed E-state index contributed by atoms with van der Waals surface area (Å²) in [5, 5.41) is 0. The predicted octanol–water partition coefficient (Wildman–Crippen LogP) is 3.85. The maximum Gasteiger partial charge on any atom is 0.226 e. The highest BCUT2D eigenvalue weighted by Gasteiger charge is 2.42. The van der Waals surface area contributed by atoms with Crippen molar-refractivity contribution in [2.24, 2.45) is 11.8 Å². The number of benzene rings is 2. The normalized spacial score (nSPS) is 22.9. The van der Waals surface area contributed by atoms with E-state index in [1.807, 2.05) is 4.90 Å². The van der Waals surface area contributed by atoms with Gasteiger partial charge in [0.2, 0.25) is 5.91 Å². The van der Waals surface area contributed by atoms with Crippen molar-refractivity contribution in [1.82, 2.24) is 9.80 Å². The summed E-state index contributed by atoms with van der Waals surface area (Å²) >= 11 is 0. The SMILES string of the molecule is CC1CC1C(=O)N1CCN(C(c2ccc(F)cc2)c2ccc(F)cc2)CC1. The molecule has 2 fully saturated rings. The van der Waals surface area contributed by atoms with Crippen LogP contribution in [0.2, 0.25) is 0 Å². The molecule has 1 amide bonds. The van der Waals surface area contributed by atoms with Crippen LogP contribution < -0.4 is 0 Å². The Balaban J connectivity index is 1.53. The highest BCUT2D eigenvalue weighted by molar-refractivity contribution is 5.81. The van der Waals surface area contributed by atoms with Crippen LogP contribution in [-0.2, 0) is 4.79 Å². The van der Waals surface area contributed by atoms with Crippen LogP contribution in [0.25, 0.3) is 0 Å². The second-order valence-electron chi connectivity index (χ2n) is 7.69. The smallest absolute Gasteiger partial charge is 0.226 e. The van der Waals surface area contributed by atoms with Gasteiger partial charge in [-0.3, -0.25) is 9.69 Å². The zero-order chi connectivity index (χ0) is 19.0. The Morgan fingerprint density at radius 3 is 1.74 bits per heavy atom. The fraction of sp³-hybridized carbons (Fsp3) is 0.409. The summed E-state index contributed by atoms with van der Waals surface area (Å²) in [6.45, 7) is 5.00. The van der Waals surface area contributed by atoms with Gasteiger partial charge >= 0.3 is 0 Å². The fourth-order valence-electron chi connectivity index (χ4n) is 4.01. The van der Waals surface area contributed by atoms with E-state index in [-0.39, 0.29) is 29.5 Å². The van der Waals surface area contributed by atoms with Gasteiger partial charge in [-0.1, -0.05) is 31.2 Å². The molecule has 27 heavy (non-hydrogen) atoms. The Morgan fingerprint density at radius 2 is 1.33 bits per heavy atom. The lowest BCUT2D eigenvalue weighted by molar-refractivity contribution is -0.134. The van der Waals surface area contributed by atoms with Crippen molar-refractivity contribution in [1.29, 1.82) is 0 Å². The Morgan fingerprint density at radius 1 is 0.889 bits per heavy atom. The Hall–Kier alpha value is -2.27. The van der Waals surface area contributed by atoms with E-state index < -0.39 is 0 Å². The van der Waals surface area contributed by atoms with E-state index in [4.69, 9.17) is 0 Å². The first-order chi connectivity index (χ1) is 13.0. The van der Waals surface area contributed by atoms with Gasteiger partial charge in [-0.2, -0.15) is 0 Å².